The highest BCUT2D eigenvalue weighted by molar-refractivity contribution is 5.80. The molecule has 0 aromatic rings. The van der Waals surface area contributed by atoms with Crippen LogP contribution in [-0.2, 0) is 9.59 Å². The van der Waals surface area contributed by atoms with Gasteiger partial charge in [-0.1, -0.05) is 13.3 Å². The van der Waals surface area contributed by atoms with E-state index in [1.807, 2.05) is 11.9 Å². The van der Waals surface area contributed by atoms with E-state index in [0.717, 1.165) is 25.7 Å². The third-order valence-corrected chi connectivity index (χ3v) is 3.20. The Morgan fingerprint density at radius 3 is 2.53 bits per heavy atom. The van der Waals surface area contributed by atoms with Gasteiger partial charge in [-0.3, -0.25) is 9.59 Å². The van der Waals surface area contributed by atoms with Gasteiger partial charge >= 0.3 is 0 Å². The van der Waals surface area contributed by atoms with Gasteiger partial charge in [-0.05, 0) is 19.3 Å². The summed E-state index contributed by atoms with van der Waals surface area (Å²) in [4.78, 5) is 24.6. The van der Waals surface area contributed by atoms with E-state index in [9.17, 15) is 9.59 Å². The maximum Gasteiger partial charge on any atom is 0.222 e. The standard InChI is InChI=1S/C12H21NO2/c1-3-4-5-12(15)13(2)10-6-8-11(14)9-7-10/h10H,3-9H2,1-2H3. The molecule has 1 amide bonds. The number of carbonyl (C=O) groups is 2. The fourth-order valence-electron chi connectivity index (χ4n) is 2.02. The van der Waals surface area contributed by atoms with Gasteiger partial charge in [0, 0.05) is 32.4 Å². The molecule has 0 aliphatic heterocycles. The van der Waals surface area contributed by atoms with Crippen LogP contribution < -0.4 is 0 Å². The van der Waals surface area contributed by atoms with Gasteiger partial charge in [0.05, 0.1) is 0 Å². The molecule has 0 saturated heterocycles. The van der Waals surface area contributed by atoms with Crippen molar-refractivity contribution in [3.63, 3.8) is 0 Å². The van der Waals surface area contributed by atoms with Crippen LogP contribution in [0.3, 0.4) is 0 Å². The summed E-state index contributed by atoms with van der Waals surface area (Å²) in [6.07, 6.45) is 5.68. The van der Waals surface area contributed by atoms with Crippen molar-refractivity contribution >= 4 is 11.7 Å². The second-order valence-corrected chi connectivity index (χ2v) is 4.38. The SMILES string of the molecule is CCCCC(=O)N(C)C1CCC(=O)CC1. The number of unbranched alkanes of at least 4 members (excludes halogenated alkanes) is 1. The summed E-state index contributed by atoms with van der Waals surface area (Å²) in [5.41, 5.74) is 0. The lowest BCUT2D eigenvalue weighted by atomic mass is 9.93. The molecule has 1 fully saturated rings. The normalized spacial score (nSPS) is 17.9. The van der Waals surface area contributed by atoms with Gasteiger partial charge in [-0.2, -0.15) is 0 Å². The number of hydrogen-bond acceptors (Lipinski definition) is 2. The van der Waals surface area contributed by atoms with Crippen LogP contribution in [0.1, 0.15) is 51.9 Å². The number of carbonyl (C=O) groups excluding carboxylic acids is 2. The highest BCUT2D eigenvalue weighted by Crippen LogP contribution is 2.20. The highest BCUT2D eigenvalue weighted by Gasteiger charge is 2.24. The number of rotatable bonds is 4. The fraction of sp³-hybridized carbons (Fsp3) is 0.833. The molecule has 0 atom stereocenters. The minimum atomic E-state index is 0.233. The molecule has 1 aliphatic rings. The van der Waals surface area contributed by atoms with Crippen LogP contribution in [-0.4, -0.2) is 29.7 Å². The van der Waals surface area contributed by atoms with Gasteiger partial charge in [0.2, 0.25) is 5.91 Å². The topological polar surface area (TPSA) is 37.4 Å². The van der Waals surface area contributed by atoms with E-state index in [1.165, 1.54) is 0 Å². The average Bonchev–Trinajstić information content (AvgIpc) is 2.26. The molecular weight excluding hydrogens is 190 g/mol. The third kappa shape index (κ3) is 3.65. The second kappa shape index (κ2) is 5.89. The van der Waals surface area contributed by atoms with E-state index in [2.05, 4.69) is 6.92 Å². The van der Waals surface area contributed by atoms with Crippen molar-refractivity contribution in [1.29, 1.82) is 0 Å². The van der Waals surface area contributed by atoms with Gasteiger partial charge in [0.25, 0.3) is 0 Å². The largest absolute Gasteiger partial charge is 0.343 e. The summed E-state index contributed by atoms with van der Waals surface area (Å²) in [5.74, 6) is 0.580. The number of nitrogens with zero attached hydrogens (tertiary/aromatic N) is 1. The zero-order chi connectivity index (χ0) is 11.3. The molecule has 3 heteroatoms. The summed E-state index contributed by atoms with van der Waals surface area (Å²) in [6.45, 7) is 2.09. The first-order chi connectivity index (χ1) is 7.15. The van der Waals surface area contributed by atoms with Gasteiger partial charge in [0.1, 0.15) is 5.78 Å². The molecule has 1 rings (SSSR count). The number of amides is 1. The Morgan fingerprint density at radius 2 is 2.00 bits per heavy atom. The Bertz CT molecular complexity index is 228. The quantitative estimate of drug-likeness (QED) is 0.714. The van der Waals surface area contributed by atoms with Crippen molar-refractivity contribution in [3.8, 4) is 0 Å². The molecule has 86 valence electrons. The Labute approximate surface area is 91.8 Å². The maximum absolute atomic E-state index is 11.7. The van der Waals surface area contributed by atoms with Crippen LogP contribution in [0.15, 0.2) is 0 Å². The van der Waals surface area contributed by atoms with Gasteiger partial charge in [-0.15, -0.1) is 0 Å². The van der Waals surface area contributed by atoms with E-state index >= 15 is 0 Å². The minimum absolute atomic E-state index is 0.233. The van der Waals surface area contributed by atoms with Crippen molar-refractivity contribution in [2.75, 3.05) is 7.05 Å². The predicted octanol–water partition coefficient (Wildman–Crippen LogP) is 2.15. The summed E-state index contributed by atoms with van der Waals surface area (Å²) in [6, 6.07) is 0.298. The highest BCUT2D eigenvalue weighted by atomic mass is 16.2. The van der Waals surface area contributed by atoms with E-state index in [-0.39, 0.29) is 5.91 Å². The van der Waals surface area contributed by atoms with Crippen LogP contribution in [0.4, 0.5) is 0 Å². The van der Waals surface area contributed by atoms with Gasteiger partial charge in [0.15, 0.2) is 0 Å². The first-order valence-corrected chi connectivity index (χ1v) is 5.92. The Kier molecular flexibility index (Phi) is 4.79. The van der Waals surface area contributed by atoms with Crippen molar-refractivity contribution < 1.29 is 9.59 Å². The molecule has 0 aromatic heterocycles. The molecule has 0 radical (unpaired) electrons. The first-order valence-electron chi connectivity index (χ1n) is 5.92. The third-order valence-electron chi connectivity index (χ3n) is 3.20. The molecule has 1 aliphatic carbocycles. The maximum atomic E-state index is 11.7. The van der Waals surface area contributed by atoms with E-state index in [1.54, 1.807) is 0 Å². The molecule has 0 aromatic carbocycles. The van der Waals surface area contributed by atoms with Crippen LogP contribution >= 0.6 is 0 Å². The monoisotopic (exact) mass is 211 g/mol. The van der Waals surface area contributed by atoms with Crippen LogP contribution in [0, 0.1) is 0 Å². The van der Waals surface area contributed by atoms with Gasteiger partial charge < -0.3 is 4.90 Å². The number of Topliss-reactive ketones (excluding diaryl/α,β-unsaturated/α-hetero) is 1. The molecule has 0 bridgehead atoms. The lowest BCUT2D eigenvalue weighted by Crippen LogP contribution is -2.39. The molecule has 0 unspecified atom stereocenters. The minimum Gasteiger partial charge on any atom is -0.343 e. The smallest absolute Gasteiger partial charge is 0.222 e. The Hall–Kier alpha value is -0.860. The lowest BCUT2D eigenvalue weighted by molar-refractivity contribution is -0.134. The Morgan fingerprint density at radius 1 is 1.40 bits per heavy atom. The number of ketones is 1. The van der Waals surface area contributed by atoms with Crippen LogP contribution in [0.2, 0.25) is 0 Å². The molecule has 1 saturated carbocycles. The molecule has 15 heavy (non-hydrogen) atoms. The summed E-state index contributed by atoms with van der Waals surface area (Å²) < 4.78 is 0. The average molecular weight is 211 g/mol. The van der Waals surface area contributed by atoms with Crippen LogP contribution in [0.25, 0.3) is 0 Å². The zero-order valence-electron chi connectivity index (χ0n) is 9.79. The van der Waals surface area contributed by atoms with E-state index in [0.29, 0.717) is 31.1 Å². The van der Waals surface area contributed by atoms with Gasteiger partial charge in [-0.25, -0.2) is 0 Å². The molecule has 0 N–H and O–H groups in total. The van der Waals surface area contributed by atoms with E-state index < -0.39 is 0 Å². The van der Waals surface area contributed by atoms with Crippen LogP contribution in [0.5, 0.6) is 0 Å². The van der Waals surface area contributed by atoms with Crippen molar-refractivity contribution in [2.45, 2.75) is 57.9 Å². The van der Waals surface area contributed by atoms with Crippen molar-refractivity contribution in [2.24, 2.45) is 0 Å². The molecule has 0 spiro atoms. The summed E-state index contributed by atoms with van der Waals surface area (Å²) in [7, 11) is 1.87. The molecule has 3 nitrogen and oxygen atoms in total. The fourth-order valence-corrected chi connectivity index (χ4v) is 2.02. The number of hydrogen-bond donors (Lipinski definition) is 0. The predicted molar refractivity (Wildman–Crippen MR) is 59.6 cm³/mol. The zero-order valence-corrected chi connectivity index (χ0v) is 9.79. The van der Waals surface area contributed by atoms with Crippen molar-refractivity contribution in [1.82, 2.24) is 4.90 Å². The molecular formula is C12H21NO2. The van der Waals surface area contributed by atoms with Crippen molar-refractivity contribution in [3.05, 3.63) is 0 Å². The summed E-state index contributed by atoms with van der Waals surface area (Å²) >= 11 is 0. The van der Waals surface area contributed by atoms with E-state index in [4.69, 9.17) is 0 Å². The molecule has 0 heterocycles. The first kappa shape index (κ1) is 12.2. The Balaban J connectivity index is 2.35. The summed E-state index contributed by atoms with van der Waals surface area (Å²) in [5, 5.41) is 0. The lowest BCUT2D eigenvalue weighted by Gasteiger charge is -2.30. The second-order valence-electron chi connectivity index (χ2n) is 4.38.